The Kier molecular flexibility index (Phi) is 6.06. The second-order valence-electron chi connectivity index (χ2n) is 7.67. The number of amidine groups is 1. The first-order chi connectivity index (χ1) is 15.8. The number of anilines is 1. The van der Waals surface area contributed by atoms with Crippen LogP contribution in [-0.4, -0.2) is 43.4 Å². The molecule has 0 bridgehead atoms. The molecule has 0 spiro atoms. The number of ketones is 1. The fourth-order valence-electron chi connectivity index (χ4n) is 3.44. The molecule has 2 heterocycles. The van der Waals surface area contributed by atoms with E-state index in [4.69, 9.17) is 0 Å². The predicted octanol–water partition coefficient (Wildman–Crippen LogP) is 3.49. The summed E-state index contributed by atoms with van der Waals surface area (Å²) in [5, 5.41) is 0. The first-order valence-electron chi connectivity index (χ1n) is 10.2. The molecule has 3 aromatic rings. The number of hydrogen-bond acceptors (Lipinski definition) is 6. The van der Waals surface area contributed by atoms with Gasteiger partial charge in [0.1, 0.15) is 17.3 Å². The molecule has 168 valence electrons. The van der Waals surface area contributed by atoms with Gasteiger partial charge in [-0.15, -0.1) is 0 Å². The van der Waals surface area contributed by atoms with Crippen molar-refractivity contribution in [1.29, 1.82) is 0 Å². The van der Waals surface area contributed by atoms with Crippen LogP contribution in [0.2, 0.25) is 0 Å². The summed E-state index contributed by atoms with van der Waals surface area (Å²) in [6.07, 6.45) is 0.539. The normalized spacial score (nSPS) is 13.2. The number of nitrogens with zero attached hydrogens (tertiary/aromatic N) is 4. The van der Waals surface area contributed by atoms with Gasteiger partial charge in [-0.2, -0.15) is 0 Å². The Morgan fingerprint density at radius 2 is 1.70 bits per heavy atom. The molecule has 0 fully saturated rings. The maximum Gasteiger partial charge on any atom is 0.265 e. The highest BCUT2D eigenvalue weighted by atomic mass is 32.2. The summed E-state index contributed by atoms with van der Waals surface area (Å²) in [6, 6.07) is 18.9. The zero-order valence-corrected chi connectivity index (χ0v) is 19.0. The van der Waals surface area contributed by atoms with E-state index in [-0.39, 0.29) is 35.2 Å². The molecule has 0 aliphatic carbocycles. The average molecular weight is 463 g/mol. The number of sulfonamides is 1. The van der Waals surface area contributed by atoms with Gasteiger partial charge < -0.3 is 0 Å². The fourth-order valence-corrected chi connectivity index (χ4v) is 4.59. The highest BCUT2D eigenvalue weighted by Gasteiger charge is 2.28. The molecule has 8 nitrogen and oxygen atoms in total. The molecular weight excluding hydrogens is 440 g/mol. The molecule has 0 atom stereocenters. The van der Waals surface area contributed by atoms with Crippen LogP contribution in [0.4, 0.5) is 11.5 Å². The zero-order chi connectivity index (χ0) is 23.6. The van der Waals surface area contributed by atoms with Gasteiger partial charge in [0.2, 0.25) is 6.41 Å². The van der Waals surface area contributed by atoms with Gasteiger partial charge in [0, 0.05) is 7.05 Å². The fraction of sp³-hybridized carbons (Fsp3) is 0.167. The van der Waals surface area contributed by atoms with Crippen LogP contribution in [0, 0.1) is 6.92 Å². The minimum atomic E-state index is -3.85. The third-order valence-electron chi connectivity index (χ3n) is 5.35. The number of fused-ring (bicyclic) bond motifs is 1. The van der Waals surface area contributed by atoms with E-state index in [1.165, 1.54) is 30.1 Å². The van der Waals surface area contributed by atoms with Crippen molar-refractivity contribution < 1.29 is 18.0 Å². The van der Waals surface area contributed by atoms with Crippen molar-refractivity contribution in [2.45, 2.75) is 24.8 Å². The van der Waals surface area contributed by atoms with Crippen molar-refractivity contribution in [3.05, 3.63) is 83.6 Å². The summed E-state index contributed by atoms with van der Waals surface area (Å²) in [5.74, 6) is 0.0947. The summed E-state index contributed by atoms with van der Waals surface area (Å²) >= 11 is 0. The van der Waals surface area contributed by atoms with Crippen LogP contribution in [0.15, 0.2) is 76.6 Å². The van der Waals surface area contributed by atoms with Gasteiger partial charge in [0.05, 0.1) is 23.5 Å². The van der Waals surface area contributed by atoms with Crippen molar-refractivity contribution >= 4 is 39.6 Å². The molecule has 1 aliphatic heterocycles. The van der Waals surface area contributed by atoms with Gasteiger partial charge in [-0.25, -0.2) is 18.4 Å². The van der Waals surface area contributed by atoms with Crippen LogP contribution in [0.3, 0.4) is 0 Å². The standard InChI is InChI=1S/C24H22N4O4S/c1-17-8-10-19(11-9-17)33(31,32)27(2)22-13-12-20-24(26-22)21(30)14-23(25-20)28(16-29)15-18-6-4-3-5-7-18/h3-13,16H,14-15H2,1-2H3. The molecule has 0 N–H and O–H groups in total. The molecule has 1 amide bonds. The van der Waals surface area contributed by atoms with Crippen molar-refractivity contribution in [1.82, 2.24) is 9.88 Å². The number of carbonyl (C=O) groups excluding carboxylic acids is 2. The van der Waals surface area contributed by atoms with Gasteiger partial charge in [-0.1, -0.05) is 48.0 Å². The highest BCUT2D eigenvalue weighted by Crippen LogP contribution is 2.29. The van der Waals surface area contributed by atoms with Crippen molar-refractivity contribution in [3.8, 4) is 0 Å². The number of carbonyl (C=O) groups is 2. The quantitative estimate of drug-likeness (QED) is 0.522. The van der Waals surface area contributed by atoms with E-state index in [2.05, 4.69) is 9.98 Å². The number of aromatic nitrogens is 1. The maximum atomic E-state index is 13.0. The number of benzene rings is 2. The van der Waals surface area contributed by atoms with Crippen LogP contribution in [-0.2, 0) is 21.4 Å². The lowest BCUT2D eigenvalue weighted by Gasteiger charge is -2.24. The molecule has 9 heteroatoms. The minimum Gasteiger partial charge on any atom is -0.298 e. The predicted molar refractivity (Wildman–Crippen MR) is 125 cm³/mol. The van der Waals surface area contributed by atoms with Crippen molar-refractivity contribution in [2.75, 3.05) is 11.4 Å². The van der Waals surface area contributed by atoms with Crippen LogP contribution in [0.1, 0.15) is 28.0 Å². The number of aryl methyl sites for hydroxylation is 1. The first-order valence-corrected chi connectivity index (χ1v) is 11.7. The van der Waals surface area contributed by atoms with E-state index < -0.39 is 10.0 Å². The Hall–Kier alpha value is -3.85. The molecule has 4 rings (SSSR count). The molecule has 0 saturated heterocycles. The third-order valence-corrected chi connectivity index (χ3v) is 7.12. The molecule has 33 heavy (non-hydrogen) atoms. The topological polar surface area (TPSA) is 100 Å². The van der Waals surface area contributed by atoms with Crippen molar-refractivity contribution in [2.24, 2.45) is 4.99 Å². The molecule has 1 aliphatic rings. The Bertz CT molecular complexity index is 1340. The number of rotatable bonds is 6. The molecule has 0 radical (unpaired) electrons. The molecule has 0 saturated carbocycles. The van der Waals surface area contributed by atoms with Crippen molar-refractivity contribution in [3.63, 3.8) is 0 Å². The Morgan fingerprint density at radius 3 is 2.36 bits per heavy atom. The third kappa shape index (κ3) is 4.54. The van der Waals surface area contributed by atoms with E-state index >= 15 is 0 Å². The highest BCUT2D eigenvalue weighted by molar-refractivity contribution is 7.92. The zero-order valence-electron chi connectivity index (χ0n) is 18.2. The first kappa shape index (κ1) is 22.3. The van der Waals surface area contributed by atoms with Gasteiger partial charge in [0.15, 0.2) is 5.78 Å². The number of Topliss-reactive ketones (excluding diaryl/α,β-unsaturated/α-hetero) is 1. The molecule has 2 aromatic carbocycles. The number of aliphatic imine (C=N–C) groups is 1. The van der Waals surface area contributed by atoms with E-state index in [0.29, 0.717) is 17.9 Å². The second-order valence-corrected chi connectivity index (χ2v) is 9.64. The smallest absolute Gasteiger partial charge is 0.265 e. The minimum absolute atomic E-state index is 0.0766. The lowest BCUT2D eigenvalue weighted by Crippen LogP contribution is -2.33. The van der Waals surface area contributed by atoms with E-state index in [0.717, 1.165) is 15.4 Å². The van der Waals surface area contributed by atoms with Gasteiger partial charge in [0.25, 0.3) is 10.0 Å². The summed E-state index contributed by atoms with van der Waals surface area (Å²) in [6.45, 7) is 2.16. The van der Waals surface area contributed by atoms with Crippen LogP contribution in [0.25, 0.3) is 0 Å². The summed E-state index contributed by atoms with van der Waals surface area (Å²) in [7, 11) is -2.46. The Labute approximate surface area is 192 Å². The van der Waals surface area contributed by atoms with E-state index in [1.807, 2.05) is 37.3 Å². The largest absolute Gasteiger partial charge is 0.298 e. The van der Waals surface area contributed by atoms with Gasteiger partial charge in [-0.05, 0) is 36.8 Å². The lowest BCUT2D eigenvalue weighted by atomic mass is 10.1. The monoisotopic (exact) mass is 462 g/mol. The van der Waals surface area contributed by atoms with Gasteiger partial charge >= 0.3 is 0 Å². The summed E-state index contributed by atoms with van der Waals surface area (Å²) in [4.78, 5) is 34.8. The Balaban J connectivity index is 1.63. The molecule has 1 aromatic heterocycles. The summed E-state index contributed by atoms with van der Waals surface area (Å²) in [5.41, 5.74) is 2.22. The number of amides is 1. The molecule has 0 unspecified atom stereocenters. The van der Waals surface area contributed by atoms with E-state index in [1.54, 1.807) is 18.2 Å². The number of pyridine rings is 1. The maximum absolute atomic E-state index is 13.0. The SMILES string of the molecule is Cc1ccc(S(=O)(=O)N(C)c2ccc3c(n2)C(=O)CC(N(C=O)Cc2ccccc2)=N3)cc1. The van der Waals surface area contributed by atoms with Crippen LogP contribution < -0.4 is 4.31 Å². The Morgan fingerprint density at radius 1 is 1.00 bits per heavy atom. The van der Waals surface area contributed by atoms with E-state index in [9.17, 15) is 18.0 Å². The van der Waals surface area contributed by atoms with Crippen LogP contribution in [0.5, 0.6) is 0 Å². The second kappa shape index (κ2) is 8.95. The lowest BCUT2D eigenvalue weighted by molar-refractivity contribution is -0.115. The van der Waals surface area contributed by atoms with Gasteiger partial charge in [-0.3, -0.25) is 18.8 Å². The average Bonchev–Trinajstić information content (AvgIpc) is 2.82. The molecular formula is C24H22N4O4S. The van der Waals surface area contributed by atoms with Crippen LogP contribution >= 0.6 is 0 Å². The number of hydrogen-bond donors (Lipinski definition) is 0. The summed E-state index contributed by atoms with van der Waals surface area (Å²) < 4.78 is 27.0.